The van der Waals surface area contributed by atoms with Crippen LogP contribution < -0.4 is 17.7 Å². The first-order valence-electron chi connectivity index (χ1n) is 5.36. The number of aliphatic hydroxyl groups excluding tert-OH is 1. The summed E-state index contributed by atoms with van der Waals surface area (Å²) in [6.07, 6.45) is 0. The van der Waals surface area contributed by atoms with Crippen LogP contribution in [0.2, 0.25) is 0 Å². The van der Waals surface area contributed by atoms with E-state index in [0.29, 0.717) is 13.1 Å². The van der Waals surface area contributed by atoms with Crippen LogP contribution in [0.25, 0.3) is 11.3 Å². The van der Waals surface area contributed by atoms with E-state index in [4.69, 9.17) is 9.52 Å². The minimum absolute atomic E-state index is 0. The number of furan rings is 1. The lowest BCUT2D eigenvalue weighted by molar-refractivity contribution is -0.00000490. The molecule has 0 aliphatic heterocycles. The van der Waals surface area contributed by atoms with Gasteiger partial charge in [0.2, 0.25) is 0 Å². The first-order chi connectivity index (χ1) is 7.90. The van der Waals surface area contributed by atoms with Crippen molar-refractivity contribution in [2.75, 3.05) is 13.2 Å². The normalized spacial score (nSPS) is 9.94. The molecule has 0 amide bonds. The van der Waals surface area contributed by atoms with Crippen LogP contribution in [0.4, 0.5) is 0 Å². The maximum absolute atomic E-state index is 8.63. The van der Waals surface area contributed by atoms with Crippen LogP contribution >= 0.6 is 0 Å². The van der Waals surface area contributed by atoms with Gasteiger partial charge in [0, 0.05) is 12.1 Å². The molecule has 0 aliphatic rings. The van der Waals surface area contributed by atoms with Crippen molar-refractivity contribution < 1.29 is 21.9 Å². The van der Waals surface area contributed by atoms with Crippen molar-refractivity contribution in [3.05, 3.63) is 48.2 Å². The number of hydrogen-bond donors (Lipinski definition) is 2. The summed E-state index contributed by atoms with van der Waals surface area (Å²) < 4.78 is 5.67. The van der Waals surface area contributed by atoms with E-state index in [2.05, 4.69) is 5.32 Å². The Morgan fingerprint density at radius 3 is 2.53 bits per heavy atom. The standard InChI is InChI=1S/C13H15NO2.ClH/c15-9-8-14-10-12-6-7-13(16-12)11-4-2-1-3-5-11;/h1-7,14-15H,8-10H2;1H/p-1. The monoisotopic (exact) mass is 252 g/mol. The van der Waals surface area contributed by atoms with Crippen LogP contribution in [0.3, 0.4) is 0 Å². The maximum Gasteiger partial charge on any atom is 0.134 e. The second kappa shape index (κ2) is 7.12. The molecule has 0 saturated carbocycles. The van der Waals surface area contributed by atoms with Crippen LogP contribution in [-0.2, 0) is 6.54 Å². The second-order valence-corrected chi connectivity index (χ2v) is 3.53. The van der Waals surface area contributed by atoms with Crippen molar-refractivity contribution >= 4 is 0 Å². The largest absolute Gasteiger partial charge is 1.00 e. The second-order valence-electron chi connectivity index (χ2n) is 3.53. The van der Waals surface area contributed by atoms with Gasteiger partial charge in [-0.15, -0.1) is 0 Å². The van der Waals surface area contributed by atoms with Gasteiger partial charge in [0.15, 0.2) is 0 Å². The first kappa shape index (κ1) is 13.8. The van der Waals surface area contributed by atoms with Crippen LogP contribution in [0.15, 0.2) is 46.9 Å². The molecule has 92 valence electrons. The summed E-state index contributed by atoms with van der Waals surface area (Å²) in [4.78, 5) is 0. The number of hydrogen-bond acceptors (Lipinski definition) is 3. The third kappa shape index (κ3) is 3.89. The average Bonchev–Trinajstić information content (AvgIpc) is 2.79. The highest BCUT2D eigenvalue weighted by Gasteiger charge is 2.03. The minimum atomic E-state index is 0. The highest BCUT2D eigenvalue weighted by molar-refractivity contribution is 5.57. The molecule has 0 fully saturated rings. The molecule has 3 nitrogen and oxygen atoms in total. The molecule has 2 rings (SSSR count). The summed E-state index contributed by atoms with van der Waals surface area (Å²) in [6.45, 7) is 1.38. The maximum atomic E-state index is 8.63. The highest BCUT2D eigenvalue weighted by Crippen LogP contribution is 2.21. The molecular formula is C13H15ClNO2-. The van der Waals surface area contributed by atoms with Crippen molar-refractivity contribution in [2.45, 2.75) is 6.54 Å². The van der Waals surface area contributed by atoms with E-state index in [1.165, 1.54) is 0 Å². The Morgan fingerprint density at radius 1 is 1.06 bits per heavy atom. The summed E-state index contributed by atoms with van der Waals surface area (Å²) >= 11 is 0. The molecule has 0 radical (unpaired) electrons. The highest BCUT2D eigenvalue weighted by atomic mass is 35.5. The molecular weight excluding hydrogens is 238 g/mol. The zero-order chi connectivity index (χ0) is 11.2. The molecule has 0 unspecified atom stereocenters. The molecule has 0 aliphatic carbocycles. The number of halogens is 1. The summed E-state index contributed by atoms with van der Waals surface area (Å²) in [5, 5.41) is 11.7. The van der Waals surface area contributed by atoms with E-state index in [0.717, 1.165) is 17.1 Å². The number of aliphatic hydroxyl groups is 1. The fourth-order valence-corrected chi connectivity index (χ4v) is 1.52. The molecule has 0 spiro atoms. The van der Waals surface area contributed by atoms with Crippen LogP contribution in [0.1, 0.15) is 5.76 Å². The molecule has 0 bridgehead atoms. The van der Waals surface area contributed by atoms with Gasteiger partial charge in [0.1, 0.15) is 11.5 Å². The van der Waals surface area contributed by atoms with Gasteiger partial charge < -0.3 is 27.2 Å². The Bertz CT molecular complexity index is 428. The molecule has 2 aromatic rings. The van der Waals surface area contributed by atoms with Gasteiger partial charge in [-0.25, -0.2) is 0 Å². The lowest BCUT2D eigenvalue weighted by Crippen LogP contribution is -3.00. The zero-order valence-electron chi connectivity index (χ0n) is 9.40. The van der Waals surface area contributed by atoms with Gasteiger partial charge in [-0.2, -0.15) is 0 Å². The quantitative estimate of drug-likeness (QED) is 0.674. The van der Waals surface area contributed by atoms with Gasteiger partial charge in [-0.05, 0) is 12.1 Å². The van der Waals surface area contributed by atoms with Crippen molar-refractivity contribution in [2.24, 2.45) is 0 Å². The van der Waals surface area contributed by atoms with Gasteiger partial charge in [-0.1, -0.05) is 30.3 Å². The fourth-order valence-electron chi connectivity index (χ4n) is 1.52. The number of benzene rings is 1. The van der Waals surface area contributed by atoms with E-state index < -0.39 is 0 Å². The lowest BCUT2D eigenvalue weighted by Gasteiger charge is -1.99. The smallest absolute Gasteiger partial charge is 0.134 e. The molecule has 2 N–H and O–H groups in total. The molecule has 0 saturated heterocycles. The molecule has 0 atom stereocenters. The number of nitrogens with one attached hydrogen (secondary N) is 1. The molecule has 17 heavy (non-hydrogen) atoms. The number of rotatable bonds is 5. The fraction of sp³-hybridized carbons (Fsp3) is 0.231. The van der Waals surface area contributed by atoms with Crippen molar-refractivity contribution in [3.63, 3.8) is 0 Å². The van der Waals surface area contributed by atoms with E-state index >= 15 is 0 Å². The summed E-state index contributed by atoms with van der Waals surface area (Å²) in [5.74, 6) is 1.76. The summed E-state index contributed by atoms with van der Waals surface area (Å²) in [7, 11) is 0. The Kier molecular flexibility index (Phi) is 5.77. The van der Waals surface area contributed by atoms with Crippen LogP contribution in [0.5, 0.6) is 0 Å². The van der Waals surface area contributed by atoms with Crippen molar-refractivity contribution in [3.8, 4) is 11.3 Å². The van der Waals surface area contributed by atoms with E-state index in [9.17, 15) is 0 Å². The van der Waals surface area contributed by atoms with Gasteiger partial charge >= 0.3 is 0 Å². The molecule has 4 heteroatoms. The Labute approximate surface area is 107 Å². The van der Waals surface area contributed by atoms with E-state index in [1.807, 2.05) is 42.5 Å². The average molecular weight is 253 g/mol. The molecule has 1 aromatic heterocycles. The third-order valence-electron chi connectivity index (χ3n) is 2.31. The minimum Gasteiger partial charge on any atom is -1.00 e. The molecule has 1 aromatic carbocycles. The van der Waals surface area contributed by atoms with Gasteiger partial charge in [-0.3, -0.25) is 0 Å². The van der Waals surface area contributed by atoms with E-state index in [-0.39, 0.29) is 19.0 Å². The SMILES string of the molecule is OCCNCc1ccc(-c2ccccc2)o1.[Cl-]. The lowest BCUT2D eigenvalue weighted by atomic mass is 10.2. The van der Waals surface area contributed by atoms with Crippen molar-refractivity contribution in [1.29, 1.82) is 0 Å². The predicted molar refractivity (Wildman–Crippen MR) is 62.9 cm³/mol. The van der Waals surface area contributed by atoms with Gasteiger partial charge in [0.25, 0.3) is 0 Å². The predicted octanol–water partition coefficient (Wildman–Crippen LogP) is -0.967. The first-order valence-corrected chi connectivity index (χ1v) is 5.36. The van der Waals surface area contributed by atoms with Crippen LogP contribution in [-0.4, -0.2) is 18.3 Å². The summed E-state index contributed by atoms with van der Waals surface area (Å²) in [6, 6.07) is 13.9. The Balaban J connectivity index is 0.00000144. The zero-order valence-corrected chi connectivity index (χ0v) is 10.2. The third-order valence-corrected chi connectivity index (χ3v) is 2.31. The summed E-state index contributed by atoms with van der Waals surface area (Å²) in [5.41, 5.74) is 1.08. The van der Waals surface area contributed by atoms with Crippen LogP contribution in [0, 0.1) is 0 Å². The topological polar surface area (TPSA) is 45.4 Å². The Morgan fingerprint density at radius 2 is 1.82 bits per heavy atom. The van der Waals surface area contributed by atoms with Crippen molar-refractivity contribution in [1.82, 2.24) is 5.32 Å². The van der Waals surface area contributed by atoms with Gasteiger partial charge in [0.05, 0.1) is 13.2 Å². The molecule has 1 heterocycles. The Hall–Kier alpha value is -1.29. The van der Waals surface area contributed by atoms with E-state index in [1.54, 1.807) is 0 Å².